The fourth-order valence-electron chi connectivity index (χ4n) is 0.847. The van der Waals surface area contributed by atoms with Gasteiger partial charge in [0.15, 0.2) is 0 Å². The number of hydrogen-bond donors (Lipinski definition) is 0. The molecule has 0 saturated carbocycles. The van der Waals surface area contributed by atoms with Crippen LogP contribution in [0.5, 0.6) is 0 Å². The van der Waals surface area contributed by atoms with Gasteiger partial charge < -0.3 is 0 Å². The Kier molecular flexibility index (Phi) is 2.77. The van der Waals surface area contributed by atoms with Crippen molar-refractivity contribution >= 4 is 15.9 Å². The van der Waals surface area contributed by atoms with Gasteiger partial charge in [0, 0.05) is 4.47 Å². The van der Waals surface area contributed by atoms with Gasteiger partial charge in [-0.25, -0.2) is 13.2 Å². The number of hydrogen-bond acceptors (Lipinski definition) is 0. The predicted octanol–water partition coefficient (Wildman–Crippen LogP) is 3.83. The summed E-state index contributed by atoms with van der Waals surface area (Å²) in [5.41, 5.74) is 0.0578. The van der Waals surface area contributed by atoms with Crippen LogP contribution in [-0.4, -0.2) is 0 Å². The normalized spacial score (nSPS) is 10.8. The standard InChI is InChI=1S/C8H6BrF3/c1-4-2-5(8(11)12)7(10)3-6(4)9/h2-3,8H,1H3. The summed E-state index contributed by atoms with van der Waals surface area (Å²) < 4.78 is 37.4. The number of alkyl halides is 2. The van der Waals surface area contributed by atoms with Crippen LogP contribution >= 0.6 is 15.9 Å². The summed E-state index contributed by atoms with van der Waals surface area (Å²) in [5, 5.41) is 0. The first-order valence-electron chi connectivity index (χ1n) is 3.26. The zero-order valence-electron chi connectivity index (χ0n) is 6.24. The van der Waals surface area contributed by atoms with E-state index in [9.17, 15) is 13.2 Å². The molecule has 0 spiro atoms. The van der Waals surface area contributed by atoms with Crippen LogP contribution in [0.1, 0.15) is 17.6 Å². The van der Waals surface area contributed by atoms with Gasteiger partial charge in [-0.1, -0.05) is 15.9 Å². The highest BCUT2D eigenvalue weighted by molar-refractivity contribution is 9.10. The van der Waals surface area contributed by atoms with Crippen molar-refractivity contribution in [2.45, 2.75) is 13.3 Å². The second kappa shape index (κ2) is 3.47. The van der Waals surface area contributed by atoms with E-state index in [-0.39, 0.29) is 0 Å². The molecule has 0 nitrogen and oxygen atoms in total. The average molecular weight is 239 g/mol. The monoisotopic (exact) mass is 238 g/mol. The molecule has 0 unspecified atom stereocenters. The largest absolute Gasteiger partial charge is 0.266 e. The van der Waals surface area contributed by atoms with E-state index in [1.54, 1.807) is 6.92 Å². The lowest BCUT2D eigenvalue weighted by molar-refractivity contribution is 0.146. The van der Waals surface area contributed by atoms with E-state index in [1.165, 1.54) is 0 Å². The Morgan fingerprint density at radius 3 is 2.42 bits per heavy atom. The first-order valence-corrected chi connectivity index (χ1v) is 4.05. The van der Waals surface area contributed by atoms with Gasteiger partial charge in [-0.15, -0.1) is 0 Å². The van der Waals surface area contributed by atoms with Gasteiger partial charge in [0.2, 0.25) is 0 Å². The molecule has 0 saturated heterocycles. The minimum atomic E-state index is -2.75. The van der Waals surface area contributed by atoms with Crippen LogP contribution in [0.25, 0.3) is 0 Å². The Balaban J connectivity index is 3.23. The molecule has 1 aromatic carbocycles. The summed E-state index contributed by atoms with van der Waals surface area (Å²) in [7, 11) is 0. The lowest BCUT2D eigenvalue weighted by Gasteiger charge is -2.04. The highest BCUT2D eigenvalue weighted by atomic mass is 79.9. The van der Waals surface area contributed by atoms with Gasteiger partial charge in [-0.05, 0) is 24.6 Å². The smallest absolute Gasteiger partial charge is 0.206 e. The van der Waals surface area contributed by atoms with Crippen molar-refractivity contribution in [2.24, 2.45) is 0 Å². The maximum atomic E-state index is 12.8. The summed E-state index contributed by atoms with van der Waals surface area (Å²) in [4.78, 5) is 0. The van der Waals surface area contributed by atoms with Crippen LogP contribution in [-0.2, 0) is 0 Å². The van der Waals surface area contributed by atoms with Crippen LogP contribution < -0.4 is 0 Å². The van der Waals surface area contributed by atoms with Crippen molar-refractivity contribution in [3.8, 4) is 0 Å². The van der Waals surface area contributed by atoms with Crippen molar-refractivity contribution in [2.75, 3.05) is 0 Å². The average Bonchev–Trinajstić information content (AvgIpc) is 1.96. The fourth-order valence-corrected chi connectivity index (χ4v) is 1.16. The van der Waals surface area contributed by atoms with Gasteiger partial charge in [0.05, 0.1) is 5.56 Å². The molecular formula is C8H6BrF3. The van der Waals surface area contributed by atoms with Gasteiger partial charge in [-0.2, -0.15) is 0 Å². The molecule has 0 atom stereocenters. The number of benzene rings is 1. The van der Waals surface area contributed by atoms with Crippen LogP contribution in [0.2, 0.25) is 0 Å². The number of halogens is 4. The van der Waals surface area contributed by atoms with Crippen LogP contribution in [0.4, 0.5) is 13.2 Å². The van der Waals surface area contributed by atoms with E-state index in [0.29, 0.717) is 10.0 Å². The van der Waals surface area contributed by atoms with Gasteiger partial charge in [0.1, 0.15) is 5.82 Å². The van der Waals surface area contributed by atoms with E-state index in [1.807, 2.05) is 0 Å². The third-order valence-corrected chi connectivity index (χ3v) is 2.37. The highest BCUT2D eigenvalue weighted by Crippen LogP contribution is 2.27. The van der Waals surface area contributed by atoms with Crippen molar-refractivity contribution in [1.82, 2.24) is 0 Å². The minimum Gasteiger partial charge on any atom is -0.206 e. The molecule has 0 amide bonds. The zero-order valence-corrected chi connectivity index (χ0v) is 7.83. The van der Waals surface area contributed by atoms with Crippen LogP contribution in [0, 0.1) is 12.7 Å². The molecule has 0 bridgehead atoms. The van der Waals surface area contributed by atoms with E-state index in [4.69, 9.17) is 0 Å². The van der Waals surface area contributed by atoms with E-state index >= 15 is 0 Å². The fraction of sp³-hybridized carbons (Fsp3) is 0.250. The molecule has 1 aromatic rings. The minimum absolute atomic E-state index is 0.504. The molecule has 0 aliphatic rings. The SMILES string of the molecule is Cc1cc(C(F)F)c(F)cc1Br. The lowest BCUT2D eigenvalue weighted by Crippen LogP contribution is -1.92. The Morgan fingerprint density at radius 1 is 1.33 bits per heavy atom. The number of rotatable bonds is 1. The van der Waals surface area contributed by atoms with Crippen molar-refractivity contribution in [3.05, 3.63) is 33.5 Å². The van der Waals surface area contributed by atoms with Gasteiger partial charge >= 0.3 is 0 Å². The van der Waals surface area contributed by atoms with Gasteiger partial charge in [-0.3, -0.25) is 0 Å². The summed E-state index contributed by atoms with van der Waals surface area (Å²) in [6.45, 7) is 1.63. The zero-order chi connectivity index (χ0) is 9.30. The summed E-state index contributed by atoms with van der Waals surface area (Å²) in [6.07, 6.45) is -2.75. The highest BCUT2D eigenvalue weighted by Gasteiger charge is 2.14. The molecule has 0 N–H and O–H groups in total. The summed E-state index contributed by atoms with van der Waals surface area (Å²) in [6, 6.07) is 2.20. The van der Waals surface area contributed by atoms with E-state index in [0.717, 1.165) is 12.1 Å². The maximum absolute atomic E-state index is 12.8. The molecule has 12 heavy (non-hydrogen) atoms. The molecule has 0 radical (unpaired) electrons. The first-order chi connectivity index (χ1) is 5.52. The molecule has 66 valence electrons. The lowest BCUT2D eigenvalue weighted by atomic mass is 10.1. The van der Waals surface area contributed by atoms with Crippen molar-refractivity contribution < 1.29 is 13.2 Å². The Morgan fingerprint density at radius 2 is 1.92 bits per heavy atom. The van der Waals surface area contributed by atoms with Crippen molar-refractivity contribution in [1.29, 1.82) is 0 Å². The second-order valence-electron chi connectivity index (χ2n) is 2.42. The summed E-state index contributed by atoms with van der Waals surface area (Å²) >= 11 is 3.04. The van der Waals surface area contributed by atoms with Gasteiger partial charge in [0.25, 0.3) is 6.43 Å². The molecule has 0 fully saturated rings. The molecule has 4 heteroatoms. The Hall–Kier alpha value is -0.510. The Labute approximate surface area is 76.5 Å². The topological polar surface area (TPSA) is 0 Å². The third-order valence-electron chi connectivity index (χ3n) is 1.51. The van der Waals surface area contributed by atoms with Crippen molar-refractivity contribution in [3.63, 3.8) is 0 Å². The molecule has 0 aromatic heterocycles. The maximum Gasteiger partial charge on any atom is 0.266 e. The van der Waals surface area contributed by atoms with E-state index < -0.39 is 17.8 Å². The molecular weight excluding hydrogens is 233 g/mol. The number of aryl methyl sites for hydroxylation is 1. The first kappa shape index (κ1) is 9.58. The third kappa shape index (κ3) is 1.80. The molecule has 1 rings (SSSR count). The van der Waals surface area contributed by atoms with Crippen LogP contribution in [0.3, 0.4) is 0 Å². The summed E-state index contributed by atoms with van der Waals surface area (Å²) in [5.74, 6) is -0.873. The molecule has 0 heterocycles. The Bertz CT molecular complexity index is 297. The quantitative estimate of drug-likeness (QED) is 0.698. The second-order valence-corrected chi connectivity index (χ2v) is 3.28. The van der Waals surface area contributed by atoms with E-state index in [2.05, 4.69) is 15.9 Å². The predicted molar refractivity (Wildman–Crippen MR) is 43.8 cm³/mol. The molecule has 0 aliphatic carbocycles. The van der Waals surface area contributed by atoms with Crippen LogP contribution in [0.15, 0.2) is 16.6 Å². The molecule has 0 aliphatic heterocycles.